The van der Waals surface area contributed by atoms with Crippen LogP contribution < -0.4 is 10.5 Å². The van der Waals surface area contributed by atoms with Gasteiger partial charge in [0.25, 0.3) is 5.56 Å². The van der Waals surface area contributed by atoms with Crippen molar-refractivity contribution in [3.8, 4) is 0 Å². The van der Waals surface area contributed by atoms with E-state index in [1.807, 2.05) is 34.7 Å². The van der Waals surface area contributed by atoms with Crippen LogP contribution in [0.25, 0.3) is 16.7 Å². The predicted molar refractivity (Wildman–Crippen MR) is 121 cm³/mol. The topological polar surface area (TPSA) is 81.7 Å². The van der Waals surface area contributed by atoms with Crippen LogP contribution in [0.3, 0.4) is 0 Å². The number of aromatic nitrogens is 4. The molecule has 0 N–H and O–H groups in total. The Bertz CT molecular complexity index is 1350. The molecule has 9 heteroatoms. The van der Waals surface area contributed by atoms with E-state index in [2.05, 4.69) is 31.0 Å². The number of hydrogen-bond acceptors (Lipinski definition) is 6. The number of carbonyl (C=O) groups is 1. The van der Waals surface area contributed by atoms with Gasteiger partial charge in [0.15, 0.2) is 0 Å². The fourth-order valence-electron chi connectivity index (χ4n) is 4.08. The number of benzene rings is 2. The standard InChI is InChI=1S/C22H20BrN5O3/c1-31-20(30)15-6-4-14(5-7-15)13-27-19(29)17-12-16(23)8-9-18(17)28-21(24-25-22(27)28)26-10-2-3-11-26/h4-9,12H,2-3,10-11,13H2,1H3. The van der Waals surface area contributed by atoms with Crippen LogP contribution in [0.1, 0.15) is 28.8 Å². The van der Waals surface area contributed by atoms with Gasteiger partial charge in [-0.2, -0.15) is 0 Å². The lowest BCUT2D eigenvalue weighted by Crippen LogP contribution is -2.26. The fourth-order valence-corrected chi connectivity index (χ4v) is 4.44. The van der Waals surface area contributed by atoms with E-state index in [0.29, 0.717) is 23.3 Å². The largest absolute Gasteiger partial charge is 0.465 e. The second kappa shape index (κ2) is 7.81. The van der Waals surface area contributed by atoms with Crippen molar-refractivity contribution < 1.29 is 9.53 Å². The first-order valence-electron chi connectivity index (χ1n) is 10.1. The van der Waals surface area contributed by atoms with Gasteiger partial charge in [0, 0.05) is 17.6 Å². The highest BCUT2D eigenvalue weighted by Crippen LogP contribution is 2.25. The van der Waals surface area contributed by atoms with E-state index in [0.717, 1.165) is 47.4 Å². The Morgan fingerprint density at radius 1 is 1.10 bits per heavy atom. The quantitative estimate of drug-likeness (QED) is 0.416. The maximum atomic E-state index is 13.4. The van der Waals surface area contributed by atoms with Crippen molar-refractivity contribution in [2.45, 2.75) is 19.4 Å². The summed E-state index contributed by atoms with van der Waals surface area (Å²) in [5.74, 6) is 0.864. The molecule has 31 heavy (non-hydrogen) atoms. The number of esters is 1. The summed E-state index contributed by atoms with van der Waals surface area (Å²) in [5.41, 5.74) is 1.98. The van der Waals surface area contributed by atoms with Crippen LogP contribution in [0.5, 0.6) is 0 Å². The molecule has 0 spiro atoms. The van der Waals surface area contributed by atoms with E-state index >= 15 is 0 Å². The van der Waals surface area contributed by atoms with Crippen LogP contribution in [0.2, 0.25) is 0 Å². The molecule has 2 aromatic carbocycles. The van der Waals surface area contributed by atoms with Gasteiger partial charge in [-0.15, -0.1) is 10.2 Å². The molecule has 8 nitrogen and oxygen atoms in total. The van der Waals surface area contributed by atoms with Crippen molar-refractivity contribution >= 4 is 44.5 Å². The van der Waals surface area contributed by atoms with Crippen molar-refractivity contribution in [3.05, 3.63) is 68.4 Å². The van der Waals surface area contributed by atoms with Crippen molar-refractivity contribution in [1.29, 1.82) is 0 Å². The van der Waals surface area contributed by atoms with E-state index in [4.69, 9.17) is 4.74 Å². The Kier molecular flexibility index (Phi) is 4.97. The molecule has 4 aromatic rings. The molecule has 2 aromatic heterocycles. The minimum Gasteiger partial charge on any atom is -0.465 e. The summed E-state index contributed by atoms with van der Waals surface area (Å²) in [6.45, 7) is 2.16. The minimum absolute atomic E-state index is 0.138. The van der Waals surface area contributed by atoms with Gasteiger partial charge < -0.3 is 9.64 Å². The molecule has 1 fully saturated rings. The lowest BCUT2D eigenvalue weighted by Gasteiger charge is -2.17. The Labute approximate surface area is 186 Å². The van der Waals surface area contributed by atoms with Gasteiger partial charge in [-0.05, 0) is 48.7 Å². The third kappa shape index (κ3) is 3.38. The average molecular weight is 482 g/mol. The number of fused-ring (bicyclic) bond motifs is 3. The number of anilines is 1. The summed E-state index contributed by atoms with van der Waals surface area (Å²) in [6, 6.07) is 12.7. The second-order valence-electron chi connectivity index (χ2n) is 7.57. The molecule has 1 saturated heterocycles. The highest BCUT2D eigenvalue weighted by molar-refractivity contribution is 9.10. The number of carbonyl (C=O) groups excluding carboxylic acids is 1. The maximum absolute atomic E-state index is 13.4. The zero-order chi connectivity index (χ0) is 21.5. The molecule has 0 radical (unpaired) electrons. The smallest absolute Gasteiger partial charge is 0.337 e. The molecule has 1 aliphatic rings. The first-order valence-corrected chi connectivity index (χ1v) is 10.9. The molecule has 3 heterocycles. The van der Waals surface area contributed by atoms with E-state index in [1.165, 1.54) is 7.11 Å². The molecule has 0 atom stereocenters. The Morgan fingerprint density at radius 2 is 1.84 bits per heavy atom. The van der Waals surface area contributed by atoms with Gasteiger partial charge in [-0.3, -0.25) is 9.36 Å². The molecular weight excluding hydrogens is 462 g/mol. The first kappa shape index (κ1) is 19.7. The summed E-state index contributed by atoms with van der Waals surface area (Å²) < 4.78 is 9.19. The minimum atomic E-state index is -0.394. The van der Waals surface area contributed by atoms with Crippen molar-refractivity contribution in [2.24, 2.45) is 0 Å². The molecule has 5 rings (SSSR count). The third-order valence-electron chi connectivity index (χ3n) is 5.65. The average Bonchev–Trinajstić information content (AvgIpc) is 3.46. The zero-order valence-corrected chi connectivity index (χ0v) is 18.5. The first-order chi connectivity index (χ1) is 15.1. The Hall–Kier alpha value is -3.20. The molecule has 0 saturated carbocycles. The maximum Gasteiger partial charge on any atom is 0.337 e. The SMILES string of the molecule is COC(=O)c1ccc(Cn2c(=O)c3cc(Br)ccc3n3c(N4CCCC4)nnc23)cc1. The lowest BCUT2D eigenvalue weighted by atomic mass is 10.1. The van der Waals surface area contributed by atoms with Crippen LogP contribution in [0.15, 0.2) is 51.7 Å². The van der Waals surface area contributed by atoms with Crippen LogP contribution in [0.4, 0.5) is 5.95 Å². The van der Waals surface area contributed by atoms with Crippen molar-refractivity contribution in [1.82, 2.24) is 19.2 Å². The van der Waals surface area contributed by atoms with Gasteiger partial charge in [-0.1, -0.05) is 28.1 Å². The molecular formula is C22H20BrN5O3. The summed E-state index contributed by atoms with van der Waals surface area (Å²) in [5, 5.41) is 9.44. The van der Waals surface area contributed by atoms with Gasteiger partial charge >= 0.3 is 5.97 Å². The van der Waals surface area contributed by atoms with Crippen LogP contribution in [-0.4, -0.2) is 45.3 Å². The molecule has 0 amide bonds. The highest BCUT2D eigenvalue weighted by Gasteiger charge is 2.22. The van der Waals surface area contributed by atoms with Crippen molar-refractivity contribution in [2.75, 3.05) is 25.1 Å². The monoisotopic (exact) mass is 481 g/mol. The lowest BCUT2D eigenvalue weighted by molar-refractivity contribution is 0.0600. The fraction of sp³-hybridized carbons (Fsp3) is 0.273. The highest BCUT2D eigenvalue weighted by atomic mass is 79.9. The van der Waals surface area contributed by atoms with Crippen LogP contribution in [-0.2, 0) is 11.3 Å². The summed E-state index contributed by atoms with van der Waals surface area (Å²) in [6.07, 6.45) is 2.23. The van der Waals surface area contributed by atoms with Gasteiger partial charge in [0.2, 0.25) is 11.7 Å². The Morgan fingerprint density at radius 3 is 2.55 bits per heavy atom. The number of ether oxygens (including phenoxy) is 1. The summed E-state index contributed by atoms with van der Waals surface area (Å²) in [4.78, 5) is 27.3. The predicted octanol–water partition coefficient (Wildman–Crippen LogP) is 3.24. The van der Waals surface area contributed by atoms with E-state index in [9.17, 15) is 9.59 Å². The zero-order valence-electron chi connectivity index (χ0n) is 16.9. The number of halogens is 1. The van der Waals surface area contributed by atoms with E-state index in [-0.39, 0.29) is 5.56 Å². The molecule has 1 aliphatic heterocycles. The van der Waals surface area contributed by atoms with Gasteiger partial charge in [0.05, 0.1) is 30.1 Å². The van der Waals surface area contributed by atoms with E-state index < -0.39 is 5.97 Å². The summed E-state index contributed by atoms with van der Waals surface area (Å²) >= 11 is 3.48. The third-order valence-corrected chi connectivity index (χ3v) is 6.14. The van der Waals surface area contributed by atoms with Crippen LogP contribution >= 0.6 is 15.9 Å². The number of nitrogens with zero attached hydrogens (tertiary/aromatic N) is 5. The van der Waals surface area contributed by atoms with E-state index in [1.54, 1.807) is 16.7 Å². The summed E-state index contributed by atoms with van der Waals surface area (Å²) in [7, 11) is 1.35. The molecule has 0 bridgehead atoms. The number of rotatable bonds is 4. The molecule has 158 valence electrons. The number of hydrogen-bond donors (Lipinski definition) is 0. The van der Waals surface area contributed by atoms with Gasteiger partial charge in [0.1, 0.15) is 0 Å². The molecule has 0 unspecified atom stereocenters. The molecule has 0 aliphatic carbocycles. The number of methoxy groups -OCH3 is 1. The second-order valence-corrected chi connectivity index (χ2v) is 8.49. The van der Waals surface area contributed by atoms with Gasteiger partial charge in [-0.25, -0.2) is 9.20 Å². The normalized spacial score (nSPS) is 13.9. The van der Waals surface area contributed by atoms with Crippen molar-refractivity contribution in [3.63, 3.8) is 0 Å². The van der Waals surface area contributed by atoms with Crippen LogP contribution in [0, 0.1) is 0 Å². The Balaban J connectivity index is 1.69.